The van der Waals surface area contributed by atoms with E-state index in [4.69, 9.17) is 26.8 Å². The smallest absolute Gasteiger partial charge is 0.149 e. The highest BCUT2D eigenvalue weighted by molar-refractivity contribution is 5.21. The lowest BCUT2D eigenvalue weighted by atomic mass is 10.1. The van der Waals surface area contributed by atoms with Gasteiger partial charge in [-0.1, -0.05) is 0 Å². The molecule has 86 valence electrons. The lowest BCUT2D eigenvalue weighted by Crippen LogP contribution is -2.50. The Bertz CT molecular complexity index is 246. The van der Waals surface area contributed by atoms with Crippen LogP contribution in [-0.2, 0) is 0 Å². The molecule has 1 rings (SSSR count). The maximum absolute atomic E-state index is 8.34. The Labute approximate surface area is 86.6 Å². The monoisotopic (exact) mass is 217 g/mol. The molecule has 0 fully saturated rings. The van der Waals surface area contributed by atoms with Crippen LogP contribution in [0.5, 0.6) is 0 Å². The van der Waals surface area contributed by atoms with Gasteiger partial charge in [0.15, 0.2) is 0 Å². The highest BCUT2D eigenvalue weighted by Gasteiger charge is 2.20. The molecule has 7 N–H and O–H groups in total. The first kappa shape index (κ1) is 13.7. The molecule has 0 bridgehead atoms. The third-order valence-corrected chi connectivity index (χ3v) is 1.47. The molecule has 0 aliphatic heterocycles. The Hall–Kier alpha value is -1.35. The second-order valence-electron chi connectivity index (χ2n) is 2.88. The van der Waals surface area contributed by atoms with Crippen molar-refractivity contribution < 1.29 is 15.3 Å². The first-order valence-corrected chi connectivity index (χ1v) is 4.09. The summed E-state index contributed by atoms with van der Waals surface area (Å²) in [7, 11) is 0. The van der Waals surface area contributed by atoms with Crippen molar-refractivity contribution in [3.63, 3.8) is 0 Å². The summed E-state index contributed by atoms with van der Waals surface area (Å²) in [5.41, 5.74) is 9.08. The van der Waals surface area contributed by atoms with E-state index < -0.39 is 25.4 Å². The Morgan fingerprint density at radius 2 is 1.73 bits per heavy atom. The van der Waals surface area contributed by atoms with E-state index in [9.17, 15) is 0 Å². The summed E-state index contributed by atoms with van der Waals surface area (Å²) >= 11 is 0. The molecule has 0 aliphatic rings. The predicted molar refractivity (Wildman–Crippen MR) is 52.4 cm³/mol. The summed E-state index contributed by atoms with van der Waals surface area (Å²) in [6.07, 6.45) is 1.49. The molecule has 0 amide bonds. The summed E-state index contributed by atoms with van der Waals surface area (Å²) in [5, 5.41) is 35.1. The molecule has 1 heterocycles. The van der Waals surface area contributed by atoms with E-state index in [1.54, 1.807) is 6.07 Å². The zero-order valence-corrected chi connectivity index (χ0v) is 8.11. The lowest BCUT2D eigenvalue weighted by Gasteiger charge is -2.20. The Balaban J connectivity index is 0.000000262. The number of rotatable bonds is 3. The van der Waals surface area contributed by atoms with Crippen molar-refractivity contribution >= 4 is 5.82 Å². The number of hydrogen-bond donors (Lipinski definition) is 5. The van der Waals surface area contributed by atoms with Crippen LogP contribution in [0, 0.1) is 0 Å². The molecule has 1 aromatic heterocycles. The highest BCUT2D eigenvalue weighted by atomic mass is 16.3. The average Bonchev–Trinajstić information content (AvgIpc) is 2.30. The minimum Gasteiger partial charge on any atom is -0.394 e. The molecule has 0 saturated heterocycles. The fraction of sp³-hybridized carbons (Fsp3) is 0.571. The van der Waals surface area contributed by atoms with Gasteiger partial charge in [-0.05, 0) is 5.21 Å². The lowest BCUT2D eigenvalue weighted by molar-refractivity contribution is 0.0698. The Morgan fingerprint density at radius 1 is 1.20 bits per heavy atom. The third-order valence-electron chi connectivity index (χ3n) is 1.47. The minimum atomic E-state index is -1.21. The number of anilines is 1. The number of nitrogens with two attached hydrogens (primary N) is 2. The number of hydrogen-bond acceptors (Lipinski definition) is 8. The summed E-state index contributed by atoms with van der Waals surface area (Å²) < 4.78 is 0. The van der Waals surface area contributed by atoms with E-state index in [0.717, 1.165) is 0 Å². The quantitative estimate of drug-likeness (QED) is 0.362. The van der Waals surface area contributed by atoms with Crippen LogP contribution < -0.4 is 11.5 Å². The van der Waals surface area contributed by atoms with Crippen LogP contribution in [0.15, 0.2) is 12.3 Å². The third kappa shape index (κ3) is 5.86. The molecule has 0 unspecified atom stereocenters. The van der Waals surface area contributed by atoms with E-state index in [1.165, 1.54) is 6.20 Å². The second-order valence-corrected chi connectivity index (χ2v) is 2.88. The summed E-state index contributed by atoms with van der Waals surface area (Å²) in [4.78, 5) is 0. The topological polar surface area (TPSA) is 151 Å². The van der Waals surface area contributed by atoms with E-state index >= 15 is 0 Å². The number of aromatic nitrogens is 3. The molecule has 0 radical (unpaired) electrons. The molecule has 0 saturated carbocycles. The van der Waals surface area contributed by atoms with Crippen molar-refractivity contribution in [2.75, 3.05) is 25.6 Å². The minimum absolute atomic E-state index is 0.398. The summed E-state index contributed by atoms with van der Waals surface area (Å²) in [6, 6.07) is 1.58. The summed E-state index contributed by atoms with van der Waals surface area (Å²) in [6.45, 7) is -1.21. The van der Waals surface area contributed by atoms with Crippen molar-refractivity contribution in [3.8, 4) is 0 Å². The maximum Gasteiger partial charge on any atom is 0.149 e. The molecule has 15 heavy (non-hydrogen) atoms. The van der Waals surface area contributed by atoms with E-state index in [0.29, 0.717) is 5.82 Å². The van der Waals surface area contributed by atoms with Gasteiger partial charge in [0.2, 0.25) is 0 Å². The summed E-state index contributed by atoms with van der Waals surface area (Å²) in [5.74, 6) is 0.398. The largest absolute Gasteiger partial charge is 0.394 e. The van der Waals surface area contributed by atoms with Crippen LogP contribution in [0.1, 0.15) is 0 Å². The molecular weight excluding hydrogens is 202 g/mol. The number of aliphatic hydroxyl groups excluding tert-OH is 3. The van der Waals surface area contributed by atoms with E-state index in [2.05, 4.69) is 15.4 Å². The fourth-order valence-corrected chi connectivity index (χ4v) is 0.400. The van der Waals surface area contributed by atoms with Crippen LogP contribution in [0.4, 0.5) is 5.82 Å². The van der Waals surface area contributed by atoms with Gasteiger partial charge < -0.3 is 26.8 Å². The van der Waals surface area contributed by atoms with Crippen molar-refractivity contribution in [2.45, 2.75) is 5.54 Å². The number of nitrogen functional groups attached to an aromatic ring is 1. The van der Waals surface area contributed by atoms with Crippen LogP contribution in [-0.4, -0.2) is 56.1 Å². The van der Waals surface area contributed by atoms with Gasteiger partial charge in [0.1, 0.15) is 5.82 Å². The Morgan fingerprint density at radius 3 is 1.87 bits per heavy atom. The Kier molecular flexibility index (Phi) is 6.38. The molecule has 1 aromatic rings. The van der Waals surface area contributed by atoms with Gasteiger partial charge in [-0.2, -0.15) is 0 Å². The first-order chi connectivity index (χ1) is 7.08. The molecule has 8 nitrogen and oxygen atoms in total. The zero-order chi connectivity index (χ0) is 11.7. The van der Waals surface area contributed by atoms with Crippen LogP contribution in [0.2, 0.25) is 0 Å². The van der Waals surface area contributed by atoms with Gasteiger partial charge >= 0.3 is 0 Å². The molecule has 0 aromatic carbocycles. The van der Waals surface area contributed by atoms with Crippen LogP contribution >= 0.6 is 0 Å². The predicted octanol–water partition coefficient (Wildman–Crippen LogP) is -2.89. The SMILES string of the molecule is NC(CO)(CO)CO.Nc1ccnnn1. The first-order valence-electron chi connectivity index (χ1n) is 4.09. The highest BCUT2D eigenvalue weighted by Crippen LogP contribution is 1.93. The van der Waals surface area contributed by atoms with Crippen molar-refractivity contribution in [2.24, 2.45) is 5.73 Å². The van der Waals surface area contributed by atoms with Crippen LogP contribution in [0.3, 0.4) is 0 Å². The fourth-order valence-electron chi connectivity index (χ4n) is 0.400. The van der Waals surface area contributed by atoms with Gasteiger partial charge in [-0.25, -0.2) is 0 Å². The van der Waals surface area contributed by atoms with Crippen molar-refractivity contribution in [1.29, 1.82) is 0 Å². The molecular formula is C7H15N5O3. The van der Waals surface area contributed by atoms with E-state index in [-0.39, 0.29) is 0 Å². The zero-order valence-electron chi connectivity index (χ0n) is 8.11. The standard InChI is InChI=1S/C4H11NO3.C3H4N4/c5-4(1-6,2-7)3-8;4-3-1-2-5-7-6-3/h6-8H,1-3,5H2;1-2H,(H2,4,5,6). The van der Waals surface area contributed by atoms with Gasteiger partial charge in [0.25, 0.3) is 0 Å². The van der Waals surface area contributed by atoms with Gasteiger partial charge in [-0.15, -0.1) is 10.2 Å². The number of aliphatic hydroxyl groups is 3. The second kappa shape index (κ2) is 7.01. The normalized spacial score (nSPS) is 10.4. The molecule has 0 spiro atoms. The van der Waals surface area contributed by atoms with Gasteiger partial charge in [-0.3, -0.25) is 0 Å². The van der Waals surface area contributed by atoms with Crippen molar-refractivity contribution in [1.82, 2.24) is 15.4 Å². The molecule has 0 aliphatic carbocycles. The van der Waals surface area contributed by atoms with Gasteiger partial charge in [0, 0.05) is 6.07 Å². The van der Waals surface area contributed by atoms with Crippen LogP contribution in [0.25, 0.3) is 0 Å². The van der Waals surface area contributed by atoms with Gasteiger partial charge in [0.05, 0.1) is 31.6 Å². The average molecular weight is 217 g/mol. The van der Waals surface area contributed by atoms with Crippen molar-refractivity contribution in [3.05, 3.63) is 12.3 Å². The van der Waals surface area contributed by atoms with E-state index in [1.807, 2.05) is 0 Å². The molecule has 8 heteroatoms. The molecule has 0 atom stereocenters. The maximum atomic E-state index is 8.34. The number of nitrogens with zero attached hydrogens (tertiary/aromatic N) is 3.